The molecule has 0 bridgehead atoms. The Morgan fingerprint density at radius 1 is 1.36 bits per heavy atom. The van der Waals surface area contributed by atoms with Gasteiger partial charge in [-0.05, 0) is 0 Å². The first kappa shape index (κ1) is 18.7. The normalized spacial score (nSPS) is 38.1. The first-order chi connectivity index (χ1) is 13.4. The number of nitrogens with one attached hydrogen (secondary N) is 2. The predicted octanol–water partition coefficient (Wildman–Crippen LogP) is -1.36. The van der Waals surface area contributed by atoms with Gasteiger partial charge < -0.3 is 0 Å². The fraction of sp³-hybridized carbons (Fsp3) is 0.733. The van der Waals surface area contributed by atoms with E-state index in [-0.39, 0.29) is 12.9 Å². The molecular formula is C15H26BN6O5P. The third kappa shape index (κ3) is 3.13. The molecule has 154 valence electrons. The van der Waals surface area contributed by atoms with Crippen molar-refractivity contribution in [3.8, 4) is 0 Å². The minimum atomic E-state index is -3.25. The second-order valence-corrected chi connectivity index (χ2v) is 10.2. The van der Waals surface area contributed by atoms with E-state index in [4.69, 9.17) is 19.5 Å². The number of nitrogens with zero attached hydrogens (tertiary/aromatic N) is 3. The molecule has 13 heteroatoms. The SMILES string of the molecule is B[PH]1(O)OCC2OC(N3c4ncnc(N)c4NC3NC3CCCC3)C(O)[C@@H]2O1. The van der Waals surface area contributed by atoms with Crippen molar-refractivity contribution < 1.29 is 23.8 Å². The summed E-state index contributed by atoms with van der Waals surface area (Å²) in [5, 5.41) is 17.9. The van der Waals surface area contributed by atoms with Crippen LogP contribution in [0.2, 0.25) is 0 Å². The van der Waals surface area contributed by atoms with Crippen LogP contribution in [0, 0.1) is 0 Å². The first-order valence-electron chi connectivity index (χ1n) is 9.72. The molecule has 5 atom stereocenters. The van der Waals surface area contributed by atoms with E-state index in [1.807, 2.05) is 4.90 Å². The molecule has 0 radical (unpaired) electrons. The zero-order valence-corrected chi connectivity index (χ0v) is 16.6. The molecular weight excluding hydrogens is 386 g/mol. The van der Waals surface area contributed by atoms with Crippen molar-refractivity contribution in [3.63, 3.8) is 0 Å². The molecule has 4 aliphatic rings. The maximum atomic E-state index is 11.0. The fourth-order valence-electron chi connectivity index (χ4n) is 4.51. The van der Waals surface area contributed by atoms with Crippen LogP contribution in [0.4, 0.5) is 17.3 Å². The number of anilines is 3. The second kappa shape index (κ2) is 6.91. The molecule has 1 aliphatic carbocycles. The Balaban J connectivity index is 1.44. The van der Waals surface area contributed by atoms with E-state index in [2.05, 4.69) is 20.6 Å². The van der Waals surface area contributed by atoms with Crippen LogP contribution in [0.3, 0.4) is 0 Å². The van der Waals surface area contributed by atoms with Gasteiger partial charge in [-0.1, -0.05) is 0 Å². The van der Waals surface area contributed by atoms with Crippen LogP contribution in [0.25, 0.3) is 0 Å². The van der Waals surface area contributed by atoms with E-state index >= 15 is 0 Å². The average molecular weight is 412 g/mol. The maximum absolute atomic E-state index is 11.0. The number of hydrogen-bond acceptors (Lipinski definition) is 11. The van der Waals surface area contributed by atoms with Gasteiger partial charge in [0.1, 0.15) is 0 Å². The van der Waals surface area contributed by atoms with Crippen LogP contribution in [-0.4, -0.2) is 71.0 Å². The topological polar surface area (TPSA) is 147 Å². The van der Waals surface area contributed by atoms with Gasteiger partial charge in [-0.25, -0.2) is 0 Å². The van der Waals surface area contributed by atoms with Crippen LogP contribution >= 0.6 is 7.82 Å². The number of nitrogen functional groups attached to an aromatic ring is 1. The predicted molar refractivity (Wildman–Crippen MR) is 106 cm³/mol. The molecule has 4 unspecified atom stereocenters. The molecule has 2 saturated heterocycles. The number of fused-ring (bicyclic) bond motifs is 2. The van der Waals surface area contributed by atoms with Gasteiger partial charge in [0.2, 0.25) is 0 Å². The Morgan fingerprint density at radius 2 is 2.14 bits per heavy atom. The van der Waals surface area contributed by atoms with Crippen molar-refractivity contribution in [2.24, 2.45) is 0 Å². The monoisotopic (exact) mass is 412 g/mol. The molecule has 5 rings (SSSR count). The molecule has 0 spiro atoms. The zero-order valence-electron chi connectivity index (χ0n) is 15.6. The Hall–Kier alpha value is -1.27. The summed E-state index contributed by atoms with van der Waals surface area (Å²) in [6.07, 6.45) is 2.77. The number of ether oxygens (including phenoxy) is 1. The van der Waals surface area contributed by atoms with Gasteiger partial charge >= 0.3 is 163 Å². The second-order valence-electron chi connectivity index (χ2n) is 7.91. The van der Waals surface area contributed by atoms with Crippen LogP contribution in [-0.2, 0) is 13.8 Å². The minimum absolute atomic E-state index is 0.179. The van der Waals surface area contributed by atoms with Gasteiger partial charge in [-0.2, -0.15) is 0 Å². The first-order valence-corrected chi connectivity index (χ1v) is 12.0. The summed E-state index contributed by atoms with van der Waals surface area (Å²) >= 11 is 0. The fourth-order valence-corrected chi connectivity index (χ4v) is 5.85. The summed E-state index contributed by atoms with van der Waals surface area (Å²) in [5.41, 5.74) is 6.66. The van der Waals surface area contributed by atoms with Crippen LogP contribution in [0.15, 0.2) is 6.33 Å². The summed E-state index contributed by atoms with van der Waals surface area (Å²) in [6.45, 7) is 0.179. The van der Waals surface area contributed by atoms with E-state index in [1.54, 1.807) is 0 Å². The number of aromatic nitrogens is 2. The Kier molecular flexibility index (Phi) is 4.63. The molecule has 1 saturated carbocycles. The van der Waals surface area contributed by atoms with E-state index < -0.39 is 32.4 Å². The van der Waals surface area contributed by atoms with Gasteiger partial charge in [0.15, 0.2) is 0 Å². The summed E-state index contributed by atoms with van der Waals surface area (Å²) in [6, 6.07) is 0.358. The Morgan fingerprint density at radius 3 is 2.93 bits per heavy atom. The number of nitrogens with two attached hydrogens (primary N) is 1. The quantitative estimate of drug-likeness (QED) is 0.296. The molecule has 4 heterocycles. The van der Waals surface area contributed by atoms with Crippen molar-refractivity contribution in [3.05, 3.63) is 6.33 Å². The Bertz CT molecular complexity index is 756. The van der Waals surface area contributed by atoms with Crippen molar-refractivity contribution in [1.29, 1.82) is 0 Å². The van der Waals surface area contributed by atoms with Crippen molar-refractivity contribution in [2.45, 2.75) is 62.6 Å². The molecule has 0 amide bonds. The average Bonchev–Trinajstić information content (AvgIpc) is 3.35. The molecule has 1 aromatic rings. The van der Waals surface area contributed by atoms with Crippen molar-refractivity contribution in [2.75, 3.05) is 22.6 Å². The van der Waals surface area contributed by atoms with E-state index in [0.29, 0.717) is 23.4 Å². The van der Waals surface area contributed by atoms with Crippen molar-refractivity contribution >= 4 is 32.7 Å². The summed E-state index contributed by atoms with van der Waals surface area (Å²) in [5.74, 6) is 0.904. The third-order valence-electron chi connectivity index (χ3n) is 5.86. The number of aliphatic hydroxyl groups excluding tert-OH is 1. The standard InChI is InChI=1S/C15H26BN6O5P/c16-28(24)25-5-8-11(27-28)10(23)14(26-8)22-13-9(12(17)18-6-19-13)21-15(22)20-7-3-1-2-4-7/h6-8,10-11,14-15,20-21,23-24,28H,1-5,16H2,(H2,17,18,19)/t8?,10?,11-,14?,15?/m1/s1. The Labute approximate surface area is 163 Å². The van der Waals surface area contributed by atoms with Gasteiger partial charge in [-0.3, -0.25) is 0 Å². The van der Waals surface area contributed by atoms with Crippen LogP contribution in [0.1, 0.15) is 25.7 Å². The molecule has 1 aromatic heterocycles. The molecule has 0 aromatic carbocycles. The third-order valence-corrected chi connectivity index (χ3v) is 7.27. The summed E-state index contributed by atoms with van der Waals surface area (Å²) in [7, 11) is -1.71. The van der Waals surface area contributed by atoms with Gasteiger partial charge in [0.25, 0.3) is 0 Å². The van der Waals surface area contributed by atoms with Gasteiger partial charge in [-0.15, -0.1) is 0 Å². The molecule has 28 heavy (non-hydrogen) atoms. The number of hydrogen-bond donors (Lipinski definition) is 5. The number of rotatable bonds is 3. The van der Waals surface area contributed by atoms with Crippen LogP contribution in [0.5, 0.6) is 0 Å². The van der Waals surface area contributed by atoms with Gasteiger partial charge in [0, 0.05) is 0 Å². The van der Waals surface area contributed by atoms with E-state index in [0.717, 1.165) is 12.8 Å². The van der Waals surface area contributed by atoms with Gasteiger partial charge in [0.05, 0.1) is 0 Å². The molecule has 11 nitrogen and oxygen atoms in total. The van der Waals surface area contributed by atoms with Crippen molar-refractivity contribution in [1.82, 2.24) is 15.3 Å². The van der Waals surface area contributed by atoms with E-state index in [1.165, 1.54) is 26.7 Å². The zero-order chi connectivity index (χ0) is 19.5. The van der Waals surface area contributed by atoms with Crippen LogP contribution < -0.4 is 21.3 Å². The molecule has 3 aliphatic heterocycles. The summed E-state index contributed by atoms with van der Waals surface area (Å²) < 4.78 is 17.2. The van der Waals surface area contributed by atoms with E-state index in [9.17, 15) is 10.00 Å². The number of aliphatic hydroxyl groups is 1. The molecule has 6 N–H and O–H groups in total. The molecule has 3 fully saturated rings. The summed E-state index contributed by atoms with van der Waals surface area (Å²) in [4.78, 5) is 20.5.